The third kappa shape index (κ3) is 5.39. The number of nitrogens with zero attached hydrogens (tertiary/aromatic N) is 1. The Balaban J connectivity index is 1.04. The van der Waals surface area contributed by atoms with E-state index in [4.69, 9.17) is 0 Å². The number of hydrogen-bond acceptors (Lipinski definition) is 1. The van der Waals surface area contributed by atoms with E-state index in [1.807, 2.05) is 0 Å². The maximum Gasteiger partial charge on any atom is 0.0713 e. The Morgan fingerprint density at radius 1 is 0.322 bits per heavy atom. The van der Waals surface area contributed by atoms with Crippen molar-refractivity contribution in [1.29, 1.82) is 0 Å². The Morgan fingerprint density at radius 3 is 1.41 bits per heavy atom. The first-order valence-electron chi connectivity index (χ1n) is 20.7. The summed E-state index contributed by atoms with van der Waals surface area (Å²) in [5, 5.41) is 0. The van der Waals surface area contributed by atoms with E-state index in [1.54, 1.807) is 0 Å². The Kier molecular flexibility index (Phi) is 8.13. The van der Waals surface area contributed by atoms with Crippen molar-refractivity contribution >= 4 is 17.1 Å². The molecular weight excluding hydrogens is 711 g/mol. The lowest BCUT2D eigenvalue weighted by Gasteiger charge is -2.33. The van der Waals surface area contributed by atoms with Crippen molar-refractivity contribution in [2.45, 2.75) is 24.7 Å². The third-order valence-corrected chi connectivity index (χ3v) is 13.0. The molecular formula is C58H43N. The second-order valence-electron chi connectivity index (χ2n) is 16.5. The highest BCUT2D eigenvalue weighted by atomic mass is 15.1. The first kappa shape index (κ1) is 35.0. The Hall–Kier alpha value is -7.22. The van der Waals surface area contributed by atoms with E-state index in [2.05, 4.69) is 243 Å². The molecule has 0 fully saturated rings. The number of rotatable bonds is 7. The van der Waals surface area contributed by atoms with Gasteiger partial charge in [0.2, 0.25) is 0 Å². The SMILES string of the molecule is CC1(C)c2ccccc2-c2c(N(c3ccc(-c4ccccc4)cc3)c3ccc(-c4ccc5c(c4)-c4ccccc4C5(c4ccccc4)c4ccccc4)cc3)cccc21. The summed E-state index contributed by atoms with van der Waals surface area (Å²) in [5.74, 6) is 0. The van der Waals surface area contributed by atoms with Crippen LogP contribution in [0.4, 0.5) is 17.1 Å². The highest BCUT2D eigenvalue weighted by Gasteiger charge is 2.46. The van der Waals surface area contributed by atoms with E-state index in [-0.39, 0.29) is 5.41 Å². The first-order chi connectivity index (χ1) is 29.0. The predicted octanol–water partition coefficient (Wildman–Crippen LogP) is 15.2. The zero-order valence-electron chi connectivity index (χ0n) is 33.3. The Labute approximate surface area is 347 Å². The van der Waals surface area contributed by atoms with Crippen molar-refractivity contribution in [1.82, 2.24) is 0 Å². The number of benzene rings is 9. The standard InChI is InChI=1S/C58H43N/c1-57(2)51-25-14-13-24-49(51)56-54(57)27-16-28-55(56)59(46-34-29-41(30-35-46)40-17-6-3-7-18-40)47-36-31-42(32-37-47)43-33-38-53-50(39-43)48-23-12-15-26-52(48)58(53,44-19-8-4-9-20-44)45-21-10-5-11-22-45/h3-39H,1-2H3. The molecule has 9 aromatic rings. The molecule has 0 aliphatic heterocycles. The van der Waals surface area contributed by atoms with Gasteiger partial charge in [-0.15, -0.1) is 0 Å². The van der Waals surface area contributed by atoms with Crippen LogP contribution in [0.1, 0.15) is 47.2 Å². The van der Waals surface area contributed by atoms with Gasteiger partial charge in [0.25, 0.3) is 0 Å². The molecule has 0 N–H and O–H groups in total. The topological polar surface area (TPSA) is 3.24 Å². The summed E-state index contributed by atoms with van der Waals surface area (Å²) in [6.07, 6.45) is 0. The fraction of sp³-hybridized carbons (Fsp3) is 0.0690. The van der Waals surface area contributed by atoms with Crippen LogP contribution in [0.5, 0.6) is 0 Å². The van der Waals surface area contributed by atoms with Crippen LogP contribution in [0.15, 0.2) is 224 Å². The zero-order chi connectivity index (χ0) is 39.6. The molecule has 0 atom stereocenters. The Bertz CT molecular complexity index is 2940. The van der Waals surface area contributed by atoms with Crippen LogP contribution in [0, 0.1) is 0 Å². The summed E-state index contributed by atoms with van der Waals surface area (Å²) in [7, 11) is 0. The van der Waals surface area contributed by atoms with Gasteiger partial charge < -0.3 is 4.90 Å². The summed E-state index contributed by atoms with van der Waals surface area (Å²) in [6, 6.07) is 82.8. The molecule has 9 aromatic carbocycles. The summed E-state index contributed by atoms with van der Waals surface area (Å²) in [5.41, 5.74) is 20.9. The molecule has 1 nitrogen and oxygen atoms in total. The molecule has 11 rings (SSSR count). The molecule has 280 valence electrons. The fourth-order valence-electron chi connectivity index (χ4n) is 10.2. The van der Waals surface area contributed by atoms with E-state index in [1.165, 1.54) is 83.6 Å². The first-order valence-corrected chi connectivity index (χ1v) is 20.7. The molecule has 0 heterocycles. The normalized spacial score (nSPS) is 13.9. The van der Waals surface area contributed by atoms with E-state index >= 15 is 0 Å². The maximum absolute atomic E-state index is 2.45. The van der Waals surface area contributed by atoms with Crippen LogP contribution in [0.25, 0.3) is 44.5 Å². The van der Waals surface area contributed by atoms with Gasteiger partial charge in [-0.05, 0) is 109 Å². The summed E-state index contributed by atoms with van der Waals surface area (Å²) in [6.45, 7) is 4.71. The molecule has 0 saturated heterocycles. The highest BCUT2D eigenvalue weighted by molar-refractivity contribution is 5.95. The van der Waals surface area contributed by atoms with Crippen LogP contribution >= 0.6 is 0 Å². The van der Waals surface area contributed by atoms with E-state index in [0.29, 0.717) is 0 Å². The summed E-state index contributed by atoms with van der Waals surface area (Å²) in [4.78, 5) is 2.45. The van der Waals surface area contributed by atoms with E-state index < -0.39 is 5.41 Å². The van der Waals surface area contributed by atoms with Gasteiger partial charge in [-0.3, -0.25) is 0 Å². The molecule has 2 aliphatic rings. The zero-order valence-corrected chi connectivity index (χ0v) is 33.3. The van der Waals surface area contributed by atoms with Crippen LogP contribution in [0.2, 0.25) is 0 Å². The van der Waals surface area contributed by atoms with Gasteiger partial charge in [0.15, 0.2) is 0 Å². The molecule has 0 saturated carbocycles. The van der Waals surface area contributed by atoms with Crippen LogP contribution in [0.3, 0.4) is 0 Å². The molecule has 0 amide bonds. The molecule has 2 aliphatic carbocycles. The minimum absolute atomic E-state index is 0.0978. The van der Waals surface area contributed by atoms with Gasteiger partial charge in [0.1, 0.15) is 0 Å². The summed E-state index contributed by atoms with van der Waals surface area (Å²) < 4.78 is 0. The molecule has 1 heteroatoms. The van der Waals surface area contributed by atoms with Crippen molar-refractivity contribution in [2.24, 2.45) is 0 Å². The minimum atomic E-state index is -0.406. The average Bonchev–Trinajstić information content (AvgIpc) is 3.73. The smallest absolute Gasteiger partial charge is 0.0713 e. The van der Waals surface area contributed by atoms with Gasteiger partial charge in [-0.2, -0.15) is 0 Å². The van der Waals surface area contributed by atoms with Crippen molar-refractivity contribution in [3.63, 3.8) is 0 Å². The van der Waals surface area contributed by atoms with Gasteiger partial charge in [0.05, 0.1) is 11.1 Å². The molecule has 0 aromatic heterocycles. The third-order valence-electron chi connectivity index (χ3n) is 13.0. The largest absolute Gasteiger partial charge is 0.310 e. The Morgan fingerprint density at radius 2 is 0.780 bits per heavy atom. The number of hydrogen-bond donors (Lipinski definition) is 0. The molecule has 59 heavy (non-hydrogen) atoms. The second kappa shape index (κ2) is 13.7. The lowest BCUT2D eigenvalue weighted by molar-refractivity contribution is 0.660. The molecule has 0 bridgehead atoms. The van der Waals surface area contributed by atoms with Crippen LogP contribution in [-0.4, -0.2) is 0 Å². The molecule has 0 spiro atoms. The van der Waals surface area contributed by atoms with Crippen LogP contribution in [-0.2, 0) is 10.8 Å². The van der Waals surface area contributed by atoms with Crippen molar-refractivity contribution in [3.8, 4) is 44.5 Å². The number of fused-ring (bicyclic) bond motifs is 6. The predicted molar refractivity (Wildman–Crippen MR) is 247 cm³/mol. The van der Waals surface area contributed by atoms with Crippen molar-refractivity contribution < 1.29 is 0 Å². The average molecular weight is 754 g/mol. The van der Waals surface area contributed by atoms with E-state index in [0.717, 1.165) is 11.4 Å². The number of anilines is 3. The monoisotopic (exact) mass is 753 g/mol. The van der Waals surface area contributed by atoms with Crippen molar-refractivity contribution in [2.75, 3.05) is 4.90 Å². The minimum Gasteiger partial charge on any atom is -0.310 e. The lowest BCUT2D eigenvalue weighted by atomic mass is 9.67. The van der Waals surface area contributed by atoms with Crippen LogP contribution < -0.4 is 4.90 Å². The van der Waals surface area contributed by atoms with Crippen molar-refractivity contribution in [3.05, 3.63) is 258 Å². The van der Waals surface area contributed by atoms with Gasteiger partial charge in [-0.1, -0.05) is 202 Å². The van der Waals surface area contributed by atoms with Gasteiger partial charge >= 0.3 is 0 Å². The lowest BCUT2D eigenvalue weighted by Crippen LogP contribution is -2.28. The second-order valence-corrected chi connectivity index (χ2v) is 16.5. The quantitative estimate of drug-likeness (QED) is 0.157. The highest BCUT2D eigenvalue weighted by Crippen LogP contribution is 2.57. The van der Waals surface area contributed by atoms with E-state index in [9.17, 15) is 0 Å². The maximum atomic E-state index is 2.45. The molecule has 0 unspecified atom stereocenters. The van der Waals surface area contributed by atoms with Gasteiger partial charge in [0, 0.05) is 22.4 Å². The van der Waals surface area contributed by atoms with Gasteiger partial charge in [-0.25, -0.2) is 0 Å². The fourth-order valence-corrected chi connectivity index (χ4v) is 10.2. The molecule has 0 radical (unpaired) electrons. The summed E-state index contributed by atoms with van der Waals surface area (Å²) >= 11 is 0.